The smallest absolute Gasteiger partial charge is 0.372 e. The third-order valence-electron chi connectivity index (χ3n) is 5.19. The van der Waals surface area contributed by atoms with Gasteiger partial charge in [-0.2, -0.15) is 13.2 Å². The number of nitrogens with zero attached hydrogens (tertiary/aromatic N) is 4. The Hall–Kier alpha value is -2.72. The lowest BCUT2D eigenvalue weighted by atomic mass is 10.2. The standard InChI is InChI=1S/C23H25ClF3N5OS/c1-4-31(5-2)17-10-7-15(8-11-17)21-29-30-22(32(21)6-3)34-14-20(33)28-19-13-16(23(25,26)27)9-12-18(19)24/h7-13H,4-6,14H2,1-3H3,(H,28,33). The van der Waals surface area contributed by atoms with E-state index in [0.717, 1.165) is 54.3 Å². The van der Waals surface area contributed by atoms with Gasteiger partial charge in [0.05, 0.1) is 22.0 Å². The maximum absolute atomic E-state index is 12.9. The third kappa shape index (κ3) is 6.04. The molecule has 3 aromatic rings. The van der Waals surface area contributed by atoms with Crippen molar-refractivity contribution in [3.63, 3.8) is 0 Å². The molecule has 3 rings (SSSR count). The van der Waals surface area contributed by atoms with E-state index in [4.69, 9.17) is 11.6 Å². The van der Waals surface area contributed by atoms with Crippen LogP contribution in [-0.2, 0) is 17.5 Å². The topological polar surface area (TPSA) is 63.1 Å². The number of halogens is 4. The van der Waals surface area contributed by atoms with Crippen molar-refractivity contribution in [2.45, 2.75) is 38.6 Å². The zero-order chi connectivity index (χ0) is 24.9. The fraction of sp³-hybridized carbons (Fsp3) is 0.348. The number of thioether (sulfide) groups is 1. The molecule has 6 nitrogen and oxygen atoms in total. The van der Waals surface area contributed by atoms with Crippen LogP contribution < -0.4 is 10.2 Å². The summed E-state index contributed by atoms with van der Waals surface area (Å²) >= 11 is 7.11. The van der Waals surface area contributed by atoms with E-state index in [-0.39, 0.29) is 16.5 Å². The minimum Gasteiger partial charge on any atom is -0.372 e. The Bertz CT molecular complexity index is 1130. The van der Waals surface area contributed by atoms with E-state index in [9.17, 15) is 18.0 Å². The van der Waals surface area contributed by atoms with Crippen LogP contribution in [0.2, 0.25) is 5.02 Å². The van der Waals surface area contributed by atoms with Crippen LogP contribution in [0.15, 0.2) is 47.6 Å². The number of benzene rings is 2. The van der Waals surface area contributed by atoms with Gasteiger partial charge in [0.2, 0.25) is 5.91 Å². The van der Waals surface area contributed by atoms with Crippen LogP contribution in [0.25, 0.3) is 11.4 Å². The number of aromatic nitrogens is 3. The highest BCUT2D eigenvalue weighted by molar-refractivity contribution is 7.99. The summed E-state index contributed by atoms with van der Waals surface area (Å²) in [5, 5.41) is 11.5. The number of anilines is 2. The maximum Gasteiger partial charge on any atom is 0.416 e. The molecule has 0 spiro atoms. The summed E-state index contributed by atoms with van der Waals surface area (Å²) in [6.45, 7) is 8.57. The molecule has 0 fully saturated rings. The summed E-state index contributed by atoms with van der Waals surface area (Å²) in [6, 6.07) is 10.8. The highest BCUT2D eigenvalue weighted by Gasteiger charge is 2.31. The summed E-state index contributed by atoms with van der Waals surface area (Å²) in [4.78, 5) is 14.6. The lowest BCUT2D eigenvalue weighted by Gasteiger charge is -2.21. The first-order valence-corrected chi connectivity index (χ1v) is 12.1. The Kier molecular flexibility index (Phi) is 8.48. The van der Waals surface area contributed by atoms with Gasteiger partial charge in [-0.1, -0.05) is 23.4 Å². The van der Waals surface area contributed by atoms with Crippen LogP contribution in [0.1, 0.15) is 26.3 Å². The number of amides is 1. The monoisotopic (exact) mass is 511 g/mol. The molecule has 1 N–H and O–H groups in total. The van der Waals surface area contributed by atoms with E-state index in [1.807, 2.05) is 35.8 Å². The van der Waals surface area contributed by atoms with E-state index in [2.05, 4.69) is 34.3 Å². The van der Waals surface area contributed by atoms with E-state index < -0.39 is 17.6 Å². The van der Waals surface area contributed by atoms with Crippen LogP contribution in [0, 0.1) is 0 Å². The summed E-state index contributed by atoms with van der Waals surface area (Å²) in [5.74, 6) is 0.116. The van der Waals surface area contributed by atoms with Crippen molar-refractivity contribution in [1.82, 2.24) is 14.8 Å². The van der Waals surface area contributed by atoms with Crippen molar-refractivity contribution in [3.8, 4) is 11.4 Å². The zero-order valence-electron chi connectivity index (χ0n) is 19.0. The molecule has 0 radical (unpaired) electrons. The Morgan fingerprint density at radius 2 is 1.76 bits per heavy atom. The van der Waals surface area contributed by atoms with Crippen molar-refractivity contribution in [2.75, 3.05) is 29.1 Å². The predicted octanol–water partition coefficient (Wildman–Crippen LogP) is 6.21. The van der Waals surface area contributed by atoms with E-state index in [1.54, 1.807) is 0 Å². The third-order valence-corrected chi connectivity index (χ3v) is 6.48. The molecule has 34 heavy (non-hydrogen) atoms. The highest BCUT2D eigenvalue weighted by Crippen LogP contribution is 2.34. The van der Waals surface area contributed by atoms with Crippen LogP contribution in [-0.4, -0.2) is 39.5 Å². The number of nitrogens with one attached hydrogen (secondary N) is 1. The molecule has 0 unspecified atom stereocenters. The van der Waals surface area contributed by atoms with Gasteiger partial charge in [-0.05, 0) is 63.2 Å². The first-order chi connectivity index (χ1) is 16.2. The number of hydrogen-bond donors (Lipinski definition) is 1. The van der Waals surface area contributed by atoms with Crippen molar-refractivity contribution in [2.24, 2.45) is 0 Å². The number of carbonyl (C=O) groups is 1. The van der Waals surface area contributed by atoms with Gasteiger partial charge in [0.1, 0.15) is 0 Å². The highest BCUT2D eigenvalue weighted by atomic mass is 35.5. The number of rotatable bonds is 9. The molecule has 0 atom stereocenters. The number of carbonyl (C=O) groups excluding carboxylic acids is 1. The quantitative estimate of drug-likeness (QED) is 0.346. The molecule has 2 aromatic carbocycles. The first-order valence-electron chi connectivity index (χ1n) is 10.8. The molecule has 1 heterocycles. The minimum atomic E-state index is -4.53. The van der Waals surface area contributed by atoms with Gasteiger partial charge < -0.3 is 14.8 Å². The fourth-order valence-corrected chi connectivity index (χ4v) is 4.39. The minimum absolute atomic E-state index is 0.0264. The largest absolute Gasteiger partial charge is 0.416 e. The van der Waals surface area contributed by atoms with Crippen LogP contribution >= 0.6 is 23.4 Å². The molecule has 1 aromatic heterocycles. The van der Waals surface area contributed by atoms with Crippen LogP contribution in [0.5, 0.6) is 0 Å². The van der Waals surface area contributed by atoms with Crippen molar-refractivity contribution < 1.29 is 18.0 Å². The Morgan fingerprint density at radius 3 is 2.35 bits per heavy atom. The van der Waals surface area contributed by atoms with E-state index >= 15 is 0 Å². The predicted molar refractivity (Wildman–Crippen MR) is 131 cm³/mol. The fourth-order valence-electron chi connectivity index (χ4n) is 3.42. The summed E-state index contributed by atoms with van der Waals surface area (Å²) in [6.07, 6.45) is -4.53. The molecule has 0 bridgehead atoms. The molecular weight excluding hydrogens is 487 g/mol. The molecule has 11 heteroatoms. The van der Waals surface area contributed by atoms with Gasteiger partial charge in [-0.25, -0.2) is 0 Å². The normalized spacial score (nSPS) is 11.5. The van der Waals surface area contributed by atoms with Crippen molar-refractivity contribution >= 4 is 40.6 Å². The second kappa shape index (κ2) is 11.1. The second-order valence-corrected chi connectivity index (χ2v) is 8.65. The van der Waals surface area contributed by atoms with Gasteiger partial charge in [-0.3, -0.25) is 4.79 Å². The Morgan fingerprint density at radius 1 is 1.09 bits per heavy atom. The molecule has 0 saturated heterocycles. The van der Waals surface area contributed by atoms with Crippen LogP contribution in [0.4, 0.5) is 24.5 Å². The molecular formula is C23H25ClF3N5OS. The lowest BCUT2D eigenvalue weighted by molar-refractivity contribution is -0.137. The number of alkyl halides is 3. The first kappa shape index (κ1) is 25.9. The van der Waals surface area contributed by atoms with Gasteiger partial charge >= 0.3 is 6.18 Å². The van der Waals surface area contributed by atoms with E-state index in [1.165, 1.54) is 0 Å². The summed E-state index contributed by atoms with van der Waals surface area (Å²) in [5.41, 5.74) is 1.04. The number of hydrogen-bond acceptors (Lipinski definition) is 5. The molecule has 0 aliphatic heterocycles. The summed E-state index contributed by atoms with van der Waals surface area (Å²) in [7, 11) is 0. The van der Waals surface area contributed by atoms with Crippen molar-refractivity contribution in [3.05, 3.63) is 53.1 Å². The second-order valence-electron chi connectivity index (χ2n) is 7.30. The average Bonchev–Trinajstić information content (AvgIpc) is 3.22. The Labute approximate surface area is 205 Å². The average molecular weight is 512 g/mol. The summed E-state index contributed by atoms with van der Waals surface area (Å²) < 4.78 is 40.7. The molecule has 0 aliphatic carbocycles. The maximum atomic E-state index is 12.9. The zero-order valence-corrected chi connectivity index (χ0v) is 20.6. The molecule has 0 aliphatic rings. The molecule has 1 amide bonds. The molecule has 0 saturated carbocycles. The van der Waals surface area contributed by atoms with Gasteiger partial charge in [0.15, 0.2) is 11.0 Å². The van der Waals surface area contributed by atoms with E-state index in [0.29, 0.717) is 17.5 Å². The van der Waals surface area contributed by atoms with Gasteiger partial charge in [-0.15, -0.1) is 10.2 Å². The molecule has 182 valence electrons. The lowest BCUT2D eigenvalue weighted by Crippen LogP contribution is -2.21. The Balaban J connectivity index is 1.70. The van der Waals surface area contributed by atoms with Gasteiger partial charge in [0, 0.05) is 30.9 Å². The van der Waals surface area contributed by atoms with Crippen LogP contribution in [0.3, 0.4) is 0 Å². The SMILES string of the molecule is CCN(CC)c1ccc(-c2nnc(SCC(=O)Nc3cc(C(F)(F)F)ccc3Cl)n2CC)cc1. The van der Waals surface area contributed by atoms with Gasteiger partial charge in [0.25, 0.3) is 0 Å². The van der Waals surface area contributed by atoms with Crippen molar-refractivity contribution in [1.29, 1.82) is 0 Å².